The van der Waals surface area contributed by atoms with Crippen molar-refractivity contribution in [1.82, 2.24) is 14.8 Å². The van der Waals surface area contributed by atoms with Gasteiger partial charge in [-0.1, -0.05) is 78.5 Å². The van der Waals surface area contributed by atoms with Crippen LogP contribution in [0.5, 0.6) is 0 Å². The number of benzene rings is 3. The minimum atomic E-state index is -4.55. The Kier molecular flexibility index (Phi) is 7.31. The number of aromatic nitrogens is 3. The lowest BCUT2D eigenvalue weighted by molar-refractivity contribution is -0.137. The summed E-state index contributed by atoms with van der Waals surface area (Å²) in [6, 6.07) is 23.0. The SMILES string of the molecule is Cn1c(SCC(=O)N(/N=C/c2ccccc2)c2cccc(C(F)(F)F)c2)nnc1-c1ccccc1. The quantitative estimate of drug-likeness (QED) is 0.189. The lowest BCUT2D eigenvalue weighted by Gasteiger charge is -2.18. The summed E-state index contributed by atoms with van der Waals surface area (Å²) < 4.78 is 41.6. The highest BCUT2D eigenvalue weighted by molar-refractivity contribution is 7.99. The van der Waals surface area contributed by atoms with Gasteiger partial charge in [-0.25, -0.2) is 5.01 Å². The molecule has 0 unspecified atom stereocenters. The Hall–Kier alpha value is -3.92. The predicted molar refractivity (Wildman–Crippen MR) is 130 cm³/mol. The van der Waals surface area contributed by atoms with Gasteiger partial charge in [0.05, 0.1) is 23.2 Å². The van der Waals surface area contributed by atoms with Gasteiger partial charge in [0.25, 0.3) is 5.91 Å². The normalized spacial score (nSPS) is 11.7. The molecule has 1 amide bonds. The number of nitrogens with zero attached hydrogens (tertiary/aromatic N) is 5. The minimum absolute atomic E-state index is 0.0144. The zero-order valence-corrected chi connectivity index (χ0v) is 19.4. The third-order valence-corrected chi connectivity index (χ3v) is 5.97. The summed E-state index contributed by atoms with van der Waals surface area (Å²) in [6.45, 7) is 0. The van der Waals surface area contributed by atoms with Crippen LogP contribution < -0.4 is 5.01 Å². The Morgan fingerprint density at radius 3 is 2.37 bits per heavy atom. The van der Waals surface area contributed by atoms with Gasteiger partial charge in [0.1, 0.15) is 0 Å². The molecule has 0 saturated carbocycles. The second-order valence-electron chi connectivity index (χ2n) is 7.43. The second-order valence-corrected chi connectivity index (χ2v) is 8.37. The number of rotatable bonds is 7. The highest BCUT2D eigenvalue weighted by Crippen LogP contribution is 2.32. The number of thioether (sulfide) groups is 1. The van der Waals surface area contributed by atoms with Crippen molar-refractivity contribution in [2.75, 3.05) is 10.8 Å². The van der Waals surface area contributed by atoms with E-state index in [0.717, 1.165) is 34.5 Å². The summed E-state index contributed by atoms with van der Waals surface area (Å²) in [7, 11) is 1.78. The van der Waals surface area contributed by atoms with E-state index in [2.05, 4.69) is 15.3 Å². The first-order valence-corrected chi connectivity index (χ1v) is 11.5. The molecule has 0 aliphatic rings. The van der Waals surface area contributed by atoms with Crippen molar-refractivity contribution >= 4 is 29.6 Å². The van der Waals surface area contributed by atoms with E-state index in [1.165, 1.54) is 18.3 Å². The lowest BCUT2D eigenvalue weighted by Crippen LogP contribution is -2.28. The zero-order valence-electron chi connectivity index (χ0n) is 18.6. The molecule has 0 spiro atoms. The number of hydrazone groups is 1. The summed E-state index contributed by atoms with van der Waals surface area (Å²) in [5.41, 5.74) is 0.723. The van der Waals surface area contributed by atoms with Crippen LogP contribution in [0, 0.1) is 0 Å². The number of amides is 1. The van der Waals surface area contributed by atoms with E-state index in [0.29, 0.717) is 16.5 Å². The molecule has 0 aliphatic heterocycles. The van der Waals surface area contributed by atoms with Crippen LogP contribution in [-0.2, 0) is 18.0 Å². The monoisotopic (exact) mass is 495 g/mol. The largest absolute Gasteiger partial charge is 0.416 e. The van der Waals surface area contributed by atoms with Gasteiger partial charge in [0.15, 0.2) is 11.0 Å². The topological polar surface area (TPSA) is 63.4 Å². The molecule has 0 fully saturated rings. The maximum absolute atomic E-state index is 13.3. The van der Waals surface area contributed by atoms with Crippen molar-refractivity contribution in [3.05, 3.63) is 96.1 Å². The van der Waals surface area contributed by atoms with Gasteiger partial charge >= 0.3 is 6.18 Å². The van der Waals surface area contributed by atoms with E-state index < -0.39 is 17.6 Å². The van der Waals surface area contributed by atoms with Crippen molar-refractivity contribution < 1.29 is 18.0 Å². The van der Waals surface area contributed by atoms with Gasteiger partial charge in [-0.15, -0.1) is 10.2 Å². The molecule has 0 bridgehead atoms. The Labute approximate surface area is 204 Å². The molecular weight excluding hydrogens is 475 g/mol. The molecule has 4 aromatic rings. The van der Waals surface area contributed by atoms with Crippen LogP contribution in [-0.4, -0.2) is 32.6 Å². The Balaban J connectivity index is 1.57. The van der Waals surface area contributed by atoms with Gasteiger partial charge < -0.3 is 4.57 Å². The molecule has 0 atom stereocenters. The summed E-state index contributed by atoms with van der Waals surface area (Å²) in [6.07, 6.45) is -3.12. The molecule has 0 saturated heterocycles. The maximum Gasteiger partial charge on any atom is 0.416 e. The summed E-state index contributed by atoms with van der Waals surface area (Å²) in [5.74, 6) is 0.0199. The molecular formula is C25H20F3N5OS. The molecule has 3 aromatic carbocycles. The third kappa shape index (κ3) is 5.96. The van der Waals surface area contributed by atoms with Gasteiger partial charge in [-0.2, -0.15) is 18.3 Å². The first-order valence-electron chi connectivity index (χ1n) is 10.5. The van der Waals surface area contributed by atoms with Crippen LogP contribution in [0.1, 0.15) is 11.1 Å². The molecule has 35 heavy (non-hydrogen) atoms. The minimum Gasteiger partial charge on any atom is -0.305 e. The lowest BCUT2D eigenvalue weighted by atomic mass is 10.2. The molecule has 10 heteroatoms. The first-order chi connectivity index (χ1) is 16.8. The standard InChI is InChI=1S/C25H20F3N5OS/c1-32-23(19-11-6-3-7-12-19)30-31-24(32)35-17-22(34)33(29-16-18-9-4-2-5-10-18)21-14-8-13-20(15-21)25(26,27)28/h2-16H,17H2,1H3/b29-16+. The van der Waals surface area contributed by atoms with Crippen LogP contribution in [0.3, 0.4) is 0 Å². The van der Waals surface area contributed by atoms with Crippen molar-refractivity contribution in [3.8, 4) is 11.4 Å². The Morgan fingerprint density at radius 1 is 1.00 bits per heavy atom. The van der Waals surface area contributed by atoms with Crippen molar-refractivity contribution in [2.24, 2.45) is 12.1 Å². The molecule has 0 aliphatic carbocycles. The molecule has 1 aromatic heterocycles. The average Bonchev–Trinajstić information content (AvgIpc) is 3.24. The molecule has 6 nitrogen and oxygen atoms in total. The Morgan fingerprint density at radius 2 is 1.69 bits per heavy atom. The fraction of sp³-hybridized carbons (Fsp3) is 0.120. The van der Waals surface area contributed by atoms with Crippen LogP contribution in [0.2, 0.25) is 0 Å². The van der Waals surface area contributed by atoms with Crippen LogP contribution in [0.4, 0.5) is 18.9 Å². The smallest absolute Gasteiger partial charge is 0.305 e. The van der Waals surface area contributed by atoms with E-state index in [9.17, 15) is 18.0 Å². The molecule has 1 heterocycles. The summed E-state index contributed by atoms with van der Waals surface area (Å²) in [5, 5.41) is 14.0. The second kappa shape index (κ2) is 10.6. The highest BCUT2D eigenvalue weighted by atomic mass is 32.2. The van der Waals surface area contributed by atoms with Crippen LogP contribution in [0.25, 0.3) is 11.4 Å². The van der Waals surface area contributed by atoms with E-state index in [1.54, 1.807) is 35.9 Å². The molecule has 178 valence electrons. The number of anilines is 1. The van der Waals surface area contributed by atoms with Crippen LogP contribution in [0.15, 0.2) is 95.2 Å². The summed E-state index contributed by atoms with van der Waals surface area (Å²) in [4.78, 5) is 13.1. The number of halogens is 3. The average molecular weight is 496 g/mol. The molecule has 0 N–H and O–H groups in total. The van der Waals surface area contributed by atoms with E-state index in [1.807, 2.05) is 36.4 Å². The van der Waals surface area contributed by atoms with Gasteiger partial charge in [0.2, 0.25) is 0 Å². The number of alkyl halides is 3. The van der Waals surface area contributed by atoms with E-state index in [4.69, 9.17) is 0 Å². The zero-order chi connectivity index (χ0) is 24.8. The summed E-state index contributed by atoms with van der Waals surface area (Å²) >= 11 is 1.13. The predicted octanol–water partition coefficient (Wildman–Crippen LogP) is 5.66. The van der Waals surface area contributed by atoms with Gasteiger partial charge in [-0.3, -0.25) is 4.79 Å². The van der Waals surface area contributed by atoms with Gasteiger partial charge in [0, 0.05) is 12.6 Å². The van der Waals surface area contributed by atoms with Crippen LogP contribution >= 0.6 is 11.8 Å². The fourth-order valence-electron chi connectivity index (χ4n) is 3.22. The third-order valence-electron chi connectivity index (χ3n) is 4.97. The number of hydrogen-bond acceptors (Lipinski definition) is 5. The molecule has 4 rings (SSSR count). The van der Waals surface area contributed by atoms with Crippen molar-refractivity contribution in [1.29, 1.82) is 0 Å². The Bertz CT molecular complexity index is 1320. The number of carbonyl (C=O) groups is 1. The molecule has 0 radical (unpaired) electrons. The first kappa shape index (κ1) is 24.2. The van der Waals surface area contributed by atoms with Gasteiger partial charge in [-0.05, 0) is 23.8 Å². The number of hydrogen-bond donors (Lipinski definition) is 0. The fourth-order valence-corrected chi connectivity index (χ4v) is 3.97. The van der Waals surface area contributed by atoms with Crippen molar-refractivity contribution in [2.45, 2.75) is 11.3 Å². The van der Waals surface area contributed by atoms with E-state index in [-0.39, 0.29) is 11.4 Å². The number of carbonyl (C=O) groups excluding carboxylic acids is 1. The van der Waals surface area contributed by atoms with Crippen molar-refractivity contribution in [3.63, 3.8) is 0 Å². The highest BCUT2D eigenvalue weighted by Gasteiger charge is 2.31. The maximum atomic E-state index is 13.3. The van der Waals surface area contributed by atoms with E-state index >= 15 is 0 Å².